The molecule has 3 N–H and O–H groups in total. The van der Waals surface area contributed by atoms with Gasteiger partial charge in [-0.2, -0.15) is 0 Å². The van der Waals surface area contributed by atoms with Crippen LogP contribution >= 0.6 is 0 Å². The Bertz CT molecular complexity index is 400. The number of nitrogens with two attached hydrogens (primary N) is 1. The summed E-state index contributed by atoms with van der Waals surface area (Å²) in [6.45, 7) is 2.88. The number of nitrogens with one attached hydrogen (secondary N) is 1. The van der Waals surface area contributed by atoms with Crippen molar-refractivity contribution in [1.29, 1.82) is 0 Å². The molecule has 0 radical (unpaired) electrons. The summed E-state index contributed by atoms with van der Waals surface area (Å²) in [5, 5.41) is 2.98. The van der Waals surface area contributed by atoms with Gasteiger partial charge in [0.2, 0.25) is 0 Å². The molecule has 2 atom stereocenters. The van der Waals surface area contributed by atoms with E-state index in [1.807, 2.05) is 37.3 Å². The molecule has 0 bridgehead atoms. The van der Waals surface area contributed by atoms with Gasteiger partial charge in [0.15, 0.2) is 0 Å². The van der Waals surface area contributed by atoms with Gasteiger partial charge in [-0.25, -0.2) is 0 Å². The van der Waals surface area contributed by atoms with E-state index in [1.54, 1.807) is 0 Å². The molecule has 0 saturated carbocycles. The predicted molar refractivity (Wildman–Crippen MR) is 70.0 cm³/mol. The summed E-state index contributed by atoms with van der Waals surface area (Å²) in [4.78, 5) is 12.2. The number of amides is 1. The zero-order valence-electron chi connectivity index (χ0n) is 10.7. The van der Waals surface area contributed by atoms with E-state index in [2.05, 4.69) is 5.32 Å². The molecule has 1 aliphatic rings. The van der Waals surface area contributed by atoms with Crippen LogP contribution in [0.2, 0.25) is 0 Å². The topological polar surface area (TPSA) is 64.4 Å². The first-order valence-electron chi connectivity index (χ1n) is 6.36. The quantitative estimate of drug-likeness (QED) is 0.846. The number of rotatable bonds is 4. The van der Waals surface area contributed by atoms with Crippen molar-refractivity contribution in [3.63, 3.8) is 0 Å². The van der Waals surface area contributed by atoms with Crippen LogP contribution in [0.1, 0.15) is 31.4 Å². The molecule has 1 fully saturated rings. The second-order valence-electron chi connectivity index (χ2n) is 4.86. The summed E-state index contributed by atoms with van der Waals surface area (Å²) in [5.74, 6) is -0.0701. The van der Waals surface area contributed by atoms with Crippen molar-refractivity contribution >= 4 is 5.91 Å². The monoisotopic (exact) mass is 248 g/mol. The number of hydrogen-bond acceptors (Lipinski definition) is 3. The highest BCUT2D eigenvalue weighted by molar-refractivity contribution is 5.85. The molecule has 1 heterocycles. The molecule has 98 valence electrons. The lowest BCUT2D eigenvalue weighted by Gasteiger charge is -2.26. The lowest BCUT2D eigenvalue weighted by atomic mass is 10.00. The standard InChI is InChI=1S/C14H20N2O2/c1-14(8-5-9-18-14)13(17)16-12(10-15)11-6-3-2-4-7-11/h2-4,6-7,12H,5,8-10,15H2,1H3,(H,16,17). The second-order valence-corrected chi connectivity index (χ2v) is 4.86. The smallest absolute Gasteiger partial charge is 0.252 e. The van der Waals surface area contributed by atoms with Crippen molar-refractivity contribution in [2.45, 2.75) is 31.4 Å². The predicted octanol–water partition coefficient (Wildman–Crippen LogP) is 1.37. The van der Waals surface area contributed by atoms with Crippen LogP contribution in [0.5, 0.6) is 0 Å². The van der Waals surface area contributed by atoms with E-state index in [0.29, 0.717) is 13.2 Å². The fourth-order valence-electron chi connectivity index (χ4n) is 2.23. The zero-order chi connectivity index (χ0) is 13.0. The summed E-state index contributed by atoms with van der Waals surface area (Å²) < 4.78 is 5.53. The highest BCUT2D eigenvalue weighted by Gasteiger charge is 2.38. The third-order valence-electron chi connectivity index (χ3n) is 3.44. The van der Waals surface area contributed by atoms with Crippen molar-refractivity contribution in [2.75, 3.05) is 13.2 Å². The third-order valence-corrected chi connectivity index (χ3v) is 3.44. The SMILES string of the molecule is CC1(C(=O)NC(CN)c2ccccc2)CCCO1. The van der Waals surface area contributed by atoms with Crippen molar-refractivity contribution in [3.8, 4) is 0 Å². The van der Waals surface area contributed by atoms with E-state index in [1.165, 1.54) is 0 Å². The normalized spacial score (nSPS) is 24.8. The first-order chi connectivity index (χ1) is 8.65. The molecular formula is C14H20N2O2. The summed E-state index contributed by atoms with van der Waals surface area (Å²) in [7, 11) is 0. The molecule has 0 aromatic heterocycles. The van der Waals surface area contributed by atoms with Crippen LogP contribution in [0.3, 0.4) is 0 Å². The van der Waals surface area contributed by atoms with Crippen LogP contribution in [0, 0.1) is 0 Å². The maximum absolute atomic E-state index is 12.2. The number of benzene rings is 1. The fourth-order valence-corrected chi connectivity index (χ4v) is 2.23. The molecule has 1 amide bonds. The van der Waals surface area contributed by atoms with Crippen molar-refractivity contribution in [1.82, 2.24) is 5.32 Å². The van der Waals surface area contributed by atoms with Crippen LogP contribution in [-0.2, 0) is 9.53 Å². The number of hydrogen-bond donors (Lipinski definition) is 2. The first kappa shape index (κ1) is 13.1. The average Bonchev–Trinajstić information content (AvgIpc) is 2.85. The Hall–Kier alpha value is -1.39. The lowest BCUT2D eigenvalue weighted by molar-refractivity contribution is -0.140. The molecular weight excluding hydrogens is 228 g/mol. The molecule has 1 aromatic carbocycles. The maximum Gasteiger partial charge on any atom is 0.252 e. The molecule has 1 aromatic rings. The Balaban J connectivity index is 2.05. The second kappa shape index (κ2) is 5.50. The Morgan fingerprint density at radius 3 is 2.78 bits per heavy atom. The van der Waals surface area contributed by atoms with E-state index in [-0.39, 0.29) is 11.9 Å². The molecule has 0 aliphatic carbocycles. The van der Waals surface area contributed by atoms with Crippen LogP contribution in [0.4, 0.5) is 0 Å². The number of carbonyl (C=O) groups excluding carboxylic acids is 1. The summed E-state index contributed by atoms with van der Waals surface area (Å²) in [5.41, 5.74) is 6.07. The first-order valence-corrected chi connectivity index (χ1v) is 6.36. The molecule has 0 spiro atoms. The van der Waals surface area contributed by atoms with Gasteiger partial charge >= 0.3 is 0 Å². The fraction of sp³-hybridized carbons (Fsp3) is 0.500. The number of carbonyl (C=O) groups is 1. The van der Waals surface area contributed by atoms with Crippen molar-refractivity contribution in [2.24, 2.45) is 5.73 Å². The Morgan fingerprint density at radius 2 is 2.22 bits per heavy atom. The minimum Gasteiger partial charge on any atom is -0.365 e. The van der Waals surface area contributed by atoms with Crippen molar-refractivity contribution < 1.29 is 9.53 Å². The maximum atomic E-state index is 12.2. The highest BCUT2D eigenvalue weighted by Crippen LogP contribution is 2.26. The van der Waals surface area contributed by atoms with E-state index in [0.717, 1.165) is 18.4 Å². The van der Waals surface area contributed by atoms with Gasteiger partial charge in [0.05, 0.1) is 6.04 Å². The highest BCUT2D eigenvalue weighted by atomic mass is 16.5. The van der Waals surface area contributed by atoms with Gasteiger partial charge in [-0.05, 0) is 25.3 Å². The van der Waals surface area contributed by atoms with Gasteiger partial charge in [-0.3, -0.25) is 4.79 Å². The van der Waals surface area contributed by atoms with Gasteiger partial charge in [-0.15, -0.1) is 0 Å². The van der Waals surface area contributed by atoms with Crippen molar-refractivity contribution in [3.05, 3.63) is 35.9 Å². The molecule has 2 unspecified atom stereocenters. The van der Waals surface area contributed by atoms with Crippen LogP contribution < -0.4 is 11.1 Å². The van der Waals surface area contributed by atoms with Gasteiger partial charge < -0.3 is 15.8 Å². The molecule has 4 nitrogen and oxygen atoms in total. The summed E-state index contributed by atoms with van der Waals surface area (Å²) >= 11 is 0. The molecule has 1 saturated heterocycles. The Morgan fingerprint density at radius 1 is 1.50 bits per heavy atom. The lowest BCUT2D eigenvalue weighted by Crippen LogP contribution is -2.46. The number of ether oxygens (including phenoxy) is 1. The van der Waals surface area contributed by atoms with Gasteiger partial charge in [-0.1, -0.05) is 30.3 Å². The average molecular weight is 248 g/mol. The van der Waals surface area contributed by atoms with E-state index < -0.39 is 5.60 Å². The van der Waals surface area contributed by atoms with E-state index in [9.17, 15) is 4.79 Å². The third kappa shape index (κ3) is 2.71. The molecule has 18 heavy (non-hydrogen) atoms. The van der Waals surface area contributed by atoms with Crippen LogP contribution in [0.25, 0.3) is 0 Å². The largest absolute Gasteiger partial charge is 0.365 e. The van der Waals surface area contributed by atoms with Crippen LogP contribution in [0.15, 0.2) is 30.3 Å². The molecule has 2 rings (SSSR count). The minimum atomic E-state index is -0.692. The van der Waals surface area contributed by atoms with Gasteiger partial charge in [0.1, 0.15) is 5.60 Å². The van der Waals surface area contributed by atoms with E-state index >= 15 is 0 Å². The van der Waals surface area contributed by atoms with Gasteiger partial charge in [0, 0.05) is 13.2 Å². The summed E-state index contributed by atoms with van der Waals surface area (Å²) in [6.07, 6.45) is 1.70. The Labute approximate surface area is 108 Å². The van der Waals surface area contributed by atoms with Crippen LogP contribution in [-0.4, -0.2) is 24.7 Å². The summed E-state index contributed by atoms with van der Waals surface area (Å²) in [6, 6.07) is 9.61. The zero-order valence-corrected chi connectivity index (χ0v) is 10.7. The minimum absolute atomic E-state index is 0.0701. The van der Waals surface area contributed by atoms with E-state index in [4.69, 9.17) is 10.5 Å². The molecule has 1 aliphatic heterocycles. The molecule has 4 heteroatoms. The van der Waals surface area contributed by atoms with Gasteiger partial charge in [0.25, 0.3) is 5.91 Å². The Kier molecular flexibility index (Phi) is 3.99.